The van der Waals surface area contributed by atoms with Crippen LogP contribution in [0.2, 0.25) is 0 Å². The number of benzene rings is 1. The molecule has 4 heteroatoms. The van der Waals surface area contributed by atoms with E-state index in [4.69, 9.17) is 4.74 Å². The molecule has 3 aliphatic rings. The summed E-state index contributed by atoms with van der Waals surface area (Å²) in [6.07, 6.45) is 1.91. The van der Waals surface area contributed by atoms with Crippen LogP contribution in [0.3, 0.4) is 0 Å². The molecule has 0 spiro atoms. The molecule has 110 valence electrons. The predicted octanol–water partition coefficient (Wildman–Crippen LogP) is 2.44. The van der Waals surface area contributed by atoms with Gasteiger partial charge in [-0.15, -0.1) is 0 Å². The summed E-state index contributed by atoms with van der Waals surface area (Å²) in [5, 5.41) is 2.99. The molecule has 3 fully saturated rings. The molecule has 1 aromatic carbocycles. The summed E-state index contributed by atoms with van der Waals surface area (Å²) in [5.74, 6) is -0.0116. The van der Waals surface area contributed by atoms with Gasteiger partial charge in [0, 0.05) is 11.6 Å². The average Bonchev–Trinajstić information content (AvgIpc) is 3.04. The molecule has 0 unspecified atom stereocenters. The SMILES string of the molecule is Cc1ccc(NC(=O)[C@@H]2[C@@H]3C[C@@H]4[C@@H]2C(=O)O[C@H]4C3)cc1C. The van der Waals surface area contributed by atoms with Crippen LogP contribution in [0.5, 0.6) is 0 Å². The standard InChI is InChI=1S/C17H19NO3/c1-8-3-4-11(5-9(8)2)18-16(19)14-10-6-12-13(7-10)21-17(20)15(12)14/h3-5,10,12-15H,6-7H2,1-2H3,(H,18,19)/t10-,12+,13+,14-,15+/m1/s1. The van der Waals surface area contributed by atoms with Crippen molar-refractivity contribution in [3.05, 3.63) is 29.3 Å². The third kappa shape index (κ3) is 1.81. The normalized spacial score (nSPS) is 35.9. The zero-order chi connectivity index (χ0) is 14.7. The molecule has 2 saturated carbocycles. The summed E-state index contributed by atoms with van der Waals surface area (Å²) in [6, 6.07) is 5.91. The van der Waals surface area contributed by atoms with Gasteiger partial charge in [0.25, 0.3) is 0 Å². The molecule has 1 aromatic rings. The first-order valence-corrected chi connectivity index (χ1v) is 7.63. The van der Waals surface area contributed by atoms with Crippen molar-refractivity contribution in [3.8, 4) is 0 Å². The Morgan fingerprint density at radius 1 is 1.24 bits per heavy atom. The largest absolute Gasteiger partial charge is 0.462 e. The highest BCUT2D eigenvalue weighted by molar-refractivity contribution is 5.97. The maximum Gasteiger partial charge on any atom is 0.310 e. The number of ether oxygens (including phenoxy) is 1. The van der Waals surface area contributed by atoms with Crippen LogP contribution in [0.1, 0.15) is 24.0 Å². The van der Waals surface area contributed by atoms with Gasteiger partial charge in [-0.05, 0) is 55.9 Å². The monoisotopic (exact) mass is 285 g/mol. The van der Waals surface area contributed by atoms with Gasteiger partial charge in [0.1, 0.15) is 6.10 Å². The lowest BCUT2D eigenvalue weighted by molar-refractivity contribution is -0.145. The van der Waals surface area contributed by atoms with Crippen LogP contribution >= 0.6 is 0 Å². The van der Waals surface area contributed by atoms with Gasteiger partial charge in [-0.1, -0.05) is 6.07 Å². The number of nitrogens with one attached hydrogen (secondary N) is 1. The van der Waals surface area contributed by atoms with Crippen molar-refractivity contribution in [2.75, 3.05) is 5.32 Å². The van der Waals surface area contributed by atoms with E-state index >= 15 is 0 Å². The number of hydrogen-bond acceptors (Lipinski definition) is 3. The summed E-state index contributed by atoms with van der Waals surface area (Å²) in [5.41, 5.74) is 3.17. The Balaban J connectivity index is 1.55. The molecule has 21 heavy (non-hydrogen) atoms. The summed E-state index contributed by atoms with van der Waals surface area (Å²) in [7, 11) is 0. The van der Waals surface area contributed by atoms with E-state index < -0.39 is 0 Å². The number of esters is 1. The highest BCUT2D eigenvalue weighted by atomic mass is 16.6. The number of fused-ring (bicyclic) bond motifs is 1. The summed E-state index contributed by atoms with van der Waals surface area (Å²) in [4.78, 5) is 24.6. The minimum absolute atomic E-state index is 0.0203. The van der Waals surface area contributed by atoms with E-state index in [-0.39, 0.29) is 35.7 Å². The number of carbonyl (C=O) groups is 2. The van der Waals surface area contributed by atoms with E-state index in [0.717, 1.165) is 24.1 Å². The quantitative estimate of drug-likeness (QED) is 0.849. The van der Waals surface area contributed by atoms with Crippen molar-refractivity contribution in [2.45, 2.75) is 32.8 Å². The summed E-state index contributed by atoms with van der Waals surface area (Å²) < 4.78 is 5.39. The van der Waals surface area contributed by atoms with Crippen molar-refractivity contribution in [1.82, 2.24) is 0 Å². The molecule has 1 saturated heterocycles. The lowest BCUT2D eigenvalue weighted by Crippen LogP contribution is -2.35. The second-order valence-electron chi connectivity index (χ2n) is 6.71. The molecular weight excluding hydrogens is 266 g/mol. The highest BCUT2D eigenvalue weighted by Crippen LogP contribution is 2.57. The highest BCUT2D eigenvalue weighted by Gasteiger charge is 2.63. The molecule has 0 radical (unpaired) electrons. The molecule has 1 aliphatic heterocycles. The van der Waals surface area contributed by atoms with E-state index in [1.807, 2.05) is 32.0 Å². The molecule has 4 nitrogen and oxygen atoms in total. The average molecular weight is 285 g/mol. The molecule has 2 aliphatic carbocycles. The van der Waals surface area contributed by atoms with Crippen LogP contribution in [0.4, 0.5) is 5.69 Å². The van der Waals surface area contributed by atoms with Gasteiger partial charge in [0.2, 0.25) is 5.91 Å². The molecule has 2 bridgehead atoms. The van der Waals surface area contributed by atoms with E-state index in [1.165, 1.54) is 5.56 Å². The fraction of sp³-hybridized carbons (Fsp3) is 0.529. The minimum atomic E-state index is -0.208. The van der Waals surface area contributed by atoms with Crippen molar-refractivity contribution in [3.63, 3.8) is 0 Å². The minimum Gasteiger partial charge on any atom is -0.462 e. The summed E-state index contributed by atoms with van der Waals surface area (Å²) in [6.45, 7) is 4.08. The van der Waals surface area contributed by atoms with Gasteiger partial charge in [-0.2, -0.15) is 0 Å². The fourth-order valence-electron chi connectivity index (χ4n) is 4.41. The topological polar surface area (TPSA) is 55.4 Å². The third-order valence-electron chi connectivity index (χ3n) is 5.56. The van der Waals surface area contributed by atoms with Crippen molar-refractivity contribution in [1.29, 1.82) is 0 Å². The molecule has 4 rings (SSSR count). The lowest BCUT2D eigenvalue weighted by atomic mass is 9.79. The van der Waals surface area contributed by atoms with Gasteiger partial charge in [-0.3, -0.25) is 9.59 Å². The smallest absolute Gasteiger partial charge is 0.310 e. The first-order valence-electron chi connectivity index (χ1n) is 7.63. The number of hydrogen-bond donors (Lipinski definition) is 1. The van der Waals surface area contributed by atoms with E-state index in [1.54, 1.807) is 0 Å². The van der Waals surface area contributed by atoms with Crippen molar-refractivity contribution in [2.24, 2.45) is 23.7 Å². The number of anilines is 1. The Labute approximate surface area is 123 Å². The Hall–Kier alpha value is -1.84. The van der Waals surface area contributed by atoms with Crippen LogP contribution in [-0.4, -0.2) is 18.0 Å². The van der Waals surface area contributed by atoms with Crippen molar-refractivity contribution >= 4 is 17.6 Å². The zero-order valence-electron chi connectivity index (χ0n) is 12.3. The molecule has 5 atom stereocenters. The van der Waals surface area contributed by atoms with Gasteiger partial charge >= 0.3 is 5.97 Å². The number of amides is 1. The van der Waals surface area contributed by atoms with E-state index in [2.05, 4.69) is 5.32 Å². The lowest BCUT2D eigenvalue weighted by Gasteiger charge is -2.23. The third-order valence-corrected chi connectivity index (χ3v) is 5.56. The van der Waals surface area contributed by atoms with Crippen LogP contribution in [0, 0.1) is 37.5 Å². The second-order valence-corrected chi connectivity index (χ2v) is 6.71. The Bertz CT molecular complexity index is 637. The predicted molar refractivity (Wildman–Crippen MR) is 77.6 cm³/mol. The van der Waals surface area contributed by atoms with Gasteiger partial charge < -0.3 is 10.1 Å². The Morgan fingerprint density at radius 3 is 2.81 bits per heavy atom. The molecular formula is C17H19NO3. The maximum atomic E-state index is 12.6. The number of carbonyl (C=O) groups excluding carboxylic acids is 2. The molecule has 0 aromatic heterocycles. The van der Waals surface area contributed by atoms with Gasteiger partial charge in [-0.25, -0.2) is 0 Å². The second kappa shape index (κ2) is 4.33. The molecule has 1 amide bonds. The van der Waals surface area contributed by atoms with E-state index in [0.29, 0.717) is 5.92 Å². The fourth-order valence-corrected chi connectivity index (χ4v) is 4.41. The van der Waals surface area contributed by atoms with Crippen molar-refractivity contribution < 1.29 is 14.3 Å². The van der Waals surface area contributed by atoms with Crippen LogP contribution in [0.25, 0.3) is 0 Å². The first kappa shape index (κ1) is 12.9. The Kier molecular flexibility index (Phi) is 2.65. The Morgan fingerprint density at radius 2 is 2.05 bits per heavy atom. The summed E-state index contributed by atoms with van der Waals surface area (Å²) >= 11 is 0. The number of rotatable bonds is 2. The van der Waals surface area contributed by atoms with Crippen LogP contribution < -0.4 is 5.32 Å². The van der Waals surface area contributed by atoms with E-state index in [9.17, 15) is 9.59 Å². The molecule has 1 heterocycles. The van der Waals surface area contributed by atoms with Crippen LogP contribution in [-0.2, 0) is 14.3 Å². The number of aryl methyl sites for hydroxylation is 2. The van der Waals surface area contributed by atoms with Gasteiger partial charge in [0.05, 0.1) is 11.8 Å². The molecule has 1 N–H and O–H groups in total. The van der Waals surface area contributed by atoms with Crippen LogP contribution in [0.15, 0.2) is 18.2 Å². The first-order chi connectivity index (χ1) is 10.0. The van der Waals surface area contributed by atoms with Gasteiger partial charge in [0.15, 0.2) is 0 Å². The zero-order valence-corrected chi connectivity index (χ0v) is 12.3. The maximum absolute atomic E-state index is 12.6.